The van der Waals surface area contributed by atoms with E-state index in [0.29, 0.717) is 18.9 Å². The summed E-state index contributed by atoms with van der Waals surface area (Å²) in [6, 6.07) is 8.41. The summed E-state index contributed by atoms with van der Waals surface area (Å²) >= 11 is 1.81. The van der Waals surface area contributed by atoms with Crippen LogP contribution in [0.4, 0.5) is 0 Å². The fourth-order valence-corrected chi connectivity index (χ4v) is 6.11. The highest BCUT2D eigenvalue weighted by atomic mass is 79.9. The molecule has 1 aliphatic rings. The summed E-state index contributed by atoms with van der Waals surface area (Å²) in [7, 11) is 0.689. The van der Waals surface area contributed by atoms with E-state index in [2.05, 4.69) is 77.3 Å². The van der Waals surface area contributed by atoms with Crippen LogP contribution in [0.3, 0.4) is 0 Å². The SMILES string of the molecule is CCOOP(=O)(CCC[n+]1c(CC2C=CN(CCN(C)C)C=C2)sc2ccccc21)OOCC.[Br-]. The van der Waals surface area contributed by atoms with Crippen LogP contribution < -0.4 is 21.5 Å². The molecule has 2 aromatic rings. The Morgan fingerprint density at radius 2 is 1.74 bits per heavy atom. The van der Waals surface area contributed by atoms with E-state index in [1.165, 1.54) is 15.2 Å². The standard InChI is InChI=1S/C24H37N3O5PS.BrH/c1-5-29-31-33(28,32-30-6-2)19-9-14-27-22-10-7-8-11-23(22)34-24(27)20-21-12-15-26(16-13-21)18-17-25(3)4;/h7-8,10-13,15-16,21H,5-6,9,14,17-20H2,1-4H3;1H/q+1;/p-1. The summed E-state index contributed by atoms with van der Waals surface area (Å²) < 4.78 is 26.6. The molecular formula is C24H37BrN3O5PS. The van der Waals surface area contributed by atoms with Crippen molar-refractivity contribution < 1.29 is 45.2 Å². The Kier molecular flexibility index (Phi) is 13.1. The molecule has 11 heteroatoms. The van der Waals surface area contributed by atoms with E-state index >= 15 is 0 Å². The van der Waals surface area contributed by atoms with Crippen molar-refractivity contribution in [3.8, 4) is 0 Å². The zero-order chi connectivity index (χ0) is 24.4. The lowest BCUT2D eigenvalue weighted by atomic mass is 10.0. The van der Waals surface area contributed by atoms with Gasteiger partial charge in [0.2, 0.25) is 10.5 Å². The number of para-hydroxylation sites is 1. The Labute approximate surface area is 223 Å². The largest absolute Gasteiger partial charge is 1.00 e. The summed E-state index contributed by atoms with van der Waals surface area (Å²) in [6.07, 6.45) is 10.6. The van der Waals surface area contributed by atoms with Crippen LogP contribution in [0.2, 0.25) is 0 Å². The van der Waals surface area contributed by atoms with Crippen LogP contribution in [0.1, 0.15) is 25.3 Å². The highest BCUT2D eigenvalue weighted by Gasteiger charge is 2.30. The molecule has 2 heterocycles. The maximum Gasteiger partial charge on any atom is 0.384 e. The lowest BCUT2D eigenvalue weighted by molar-refractivity contribution is -0.674. The minimum absolute atomic E-state index is 0. The number of halogens is 1. The number of aromatic nitrogens is 1. The maximum absolute atomic E-state index is 12.9. The van der Waals surface area contributed by atoms with Crippen molar-refractivity contribution in [1.29, 1.82) is 0 Å². The molecule has 1 aliphatic heterocycles. The van der Waals surface area contributed by atoms with Gasteiger partial charge in [-0.05, 0) is 34.0 Å². The maximum atomic E-state index is 12.9. The van der Waals surface area contributed by atoms with Gasteiger partial charge in [0, 0.05) is 43.9 Å². The molecule has 1 aromatic carbocycles. The molecule has 0 saturated carbocycles. The fraction of sp³-hybridized carbons (Fsp3) is 0.542. The fourth-order valence-electron chi connectivity index (χ4n) is 3.61. The average Bonchev–Trinajstić information content (AvgIpc) is 3.18. The predicted molar refractivity (Wildman–Crippen MR) is 135 cm³/mol. The number of allylic oxidation sites excluding steroid dienone is 2. The second-order valence-electron chi connectivity index (χ2n) is 8.36. The van der Waals surface area contributed by atoms with Gasteiger partial charge in [0.25, 0.3) is 0 Å². The van der Waals surface area contributed by atoms with Crippen molar-refractivity contribution in [2.24, 2.45) is 5.92 Å². The number of fused-ring (bicyclic) bond motifs is 1. The molecule has 0 spiro atoms. The smallest absolute Gasteiger partial charge is 0.384 e. The molecule has 8 nitrogen and oxygen atoms in total. The molecule has 0 atom stereocenters. The van der Waals surface area contributed by atoms with E-state index < -0.39 is 7.60 Å². The van der Waals surface area contributed by atoms with Crippen LogP contribution in [-0.2, 0) is 36.7 Å². The molecule has 1 aromatic heterocycles. The van der Waals surface area contributed by atoms with Gasteiger partial charge in [0.15, 0.2) is 6.54 Å². The number of nitrogens with zero attached hydrogens (tertiary/aromatic N) is 3. The van der Waals surface area contributed by atoms with Crippen molar-refractivity contribution in [3.05, 3.63) is 53.8 Å². The number of hydrogen-bond donors (Lipinski definition) is 0. The van der Waals surface area contributed by atoms with Gasteiger partial charge in [-0.2, -0.15) is 4.57 Å². The summed E-state index contributed by atoms with van der Waals surface area (Å²) in [6.45, 7) is 6.78. The first-order chi connectivity index (χ1) is 16.4. The van der Waals surface area contributed by atoms with E-state index in [1.807, 2.05) is 11.3 Å². The molecule has 0 saturated heterocycles. The number of likely N-dealkylation sites (N-methyl/N-ethyl adjacent to an activating group) is 1. The third kappa shape index (κ3) is 9.37. The van der Waals surface area contributed by atoms with E-state index in [1.54, 1.807) is 13.8 Å². The third-order valence-electron chi connectivity index (χ3n) is 5.33. The monoisotopic (exact) mass is 589 g/mol. The molecule has 35 heavy (non-hydrogen) atoms. The van der Waals surface area contributed by atoms with E-state index in [0.717, 1.165) is 19.5 Å². The van der Waals surface area contributed by atoms with Crippen LogP contribution in [0, 0.1) is 5.92 Å². The lowest BCUT2D eigenvalue weighted by Gasteiger charge is -2.22. The Morgan fingerprint density at radius 3 is 2.37 bits per heavy atom. The number of aryl methyl sites for hydroxylation is 1. The molecule has 3 rings (SSSR count). The van der Waals surface area contributed by atoms with E-state index in [-0.39, 0.29) is 36.4 Å². The minimum atomic E-state index is -3.49. The summed E-state index contributed by atoms with van der Waals surface area (Å²) in [5.74, 6) is 0.337. The summed E-state index contributed by atoms with van der Waals surface area (Å²) in [4.78, 5) is 14.3. The Bertz CT molecular complexity index is 990. The van der Waals surface area contributed by atoms with Crippen molar-refractivity contribution in [3.63, 3.8) is 0 Å². The second-order valence-corrected chi connectivity index (χ2v) is 11.4. The highest BCUT2D eigenvalue weighted by Crippen LogP contribution is 2.49. The van der Waals surface area contributed by atoms with Crippen molar-refractivity contribution in [2.75, 3.05) is 46.6 Å². The van der Waals surface area contributed by atoms with Gasteiger partial charge in [-0.25, -0.2) is 9.78 Å². The Hall–Kier alpha value is -1.10. The Morgan fingerprint density at radius 1 is 1.09 bits per heavy atom. The zero-order valence-corrected chi connectivity index (χ0v) is 24.3. The molecule has 0 fully saturated rings. The number of hydrogen-bond acceptors (Lipinski definition) is 8. The summed E-state index contributed by atoms with van der Waals surface area (Å²) in [5, 5.41) is 1.29. The van der Waals surface area contributed by atoms with Crippen LogP contribution in [-0.4, -0.2) is 56.4 Å². The van der Waals surface area contributed by atoms with Crippen LogP contribution >= 0.6 is 18.9 Å². The van der Waals surface area contributed by atoms with Crippen LogP contribution in [0.15, 0.2) is 48.8 Å². The van der Waals surface area contributed by atoms with Gasteiger partial charge >= 0.3 is 7.60 Å². The Balaban J connectivity index is 0.00000432. The average molecular weight is 591 g/mol. The highest BCUT2D eigenvalue weighted by molar-refractivity contribution is 7.53. The van der Waals surface area contributed by atoms with Crippen LogP contribution in [0.5, 0.6) is 0 Å². The van der Waals surface area contributed by atoms with Crippen molar-refractivity contribution in [2.45, 2.75) is 33.2 Å². The molecule has 0 amide bonds. The first kappa shape index (κ1) is 30.1. The molecule has 0 radical (unpaired) electrons. The minimum Gasteiger partial charge on any atom is -1.00 e. The van der Waals surface area contributed by atoms with E-state index in [9.17, 15) is 4.57 Å². The van der Waals surface area contributed by atoms with Gasteiger partial charge in [-0.1, -0.05) is 35.6 Å². The number of thiazole rings is 1. The molecule has 0 aliphatic carbocycles. The van der Waals surface area contributed by atoms with Crippen LogP contribution in [0.25, 0.3) is 10.2 Å². The molecule has 0 bridgehead atoms. The number of rotatable bonds is 15. The zero-order valence-electron chi connectivity index (χ0n) is 21.0. The molecular weight excluding hydrogens is 553 g/mol. The molecule has 0 N–H and O–H groups in total. The van der Waals surface area contributed by atoms with Gasteiger partial charge < -0.3 is 26.8 Å². The van der Waals surface area contributed by atoms with Gasteiger partial charge in [0.1, 0.15) is 4.70 Å². The quantitative estimate of drug-likeness (QED) is 0.136. The first-order valence-corrected chi connectivity index (χ1v) is 14.4. The first-order valence-electron chi connectivity index (χ1n) is 11.8. The van der Waals surface area contributed by atoms with Crippen molar-refractivity contribution >= 4 is 29.1 Å². The second kappa shape index (κ2) is 15.2. The summed E-state index contributed by atoms with van der Waals surface area (Å²) in [5.41, 5.74) is 1.19. The van der Waals surface area contributed by atoms with Crippen molar-refractivity contribution in [1.82, 2.24) is 9.80 Å². The number of benzene rings is 1. The van der Waals surface area contributed by atoms with Gasteiger partial charge in [0.05, 0.1) is 25.8 Å². The third-order valence-corrected chi connectivity index (χ3v) is 8.05. The predicted octanol–water partition coefficient (Wildman–Crippen LogP) is 1.78. The van der Waals surface area contributed by atoms with E-state index in [4.69, 9.17) is 19.1 Å². The van der Waals surface area contributed by atoms with Gasteiger partial charge in [-0.15, -0.1) is 9.35 Å². The lowest BCUT2D eigenvalue weighted by Crippen LogP contribution is -3.00. The topological polar surface area (TPSA) is 64.4 Å². The molecule has 0 unspecified atom stereocenters. The molecule has 196 valence electrons. The van der Waals surface area contributed by atoms with Gasteiger partial charge in [-0.3, -0.25) is 4.57 Å². The normalized spacial score (nSPS) is 14.3.